The van der Waals surface area contributed by atoms with Crippen molar-refractivity contribution in [3.05, 3.63) is 147 Å². The Balaban J connectivity index is 1.56. The van der Waals surface area contributed by atoms with E-state index in [1.54, 1.807) is 53.1 Å². The first kappa shape index (κ1) is 28.0. The predicted octanol–water partition coefficient (Wildman–Crippen LogP) is 6.97. The Morgan fingerprint density at radius 1 is 0.927 bits per heavy atom. The second-order valence-corrected chi connectivity index (χ2v) is 10.4. The molecule has 0 unspecified atom stereocenters. The summed E-state index contributed by atoms with van der Waals surface area (Å²) in [4.78, 5) is 24.2. The Labute approximate surface area is 244 Å². The summed E-state index contributed by atoms with van der Waals surface area (Å²) < 4.78 is 15.2. The molecule has 0 bridgehead atoms. The first-order valence-corrected chi connectivity index (χ1v) is 13.9. The molecule has 0 saturated carbocycles. The number of hydrogen-bond acceptors (Lipinski definition) is 6. The Morgan fingerprint density at radius 3 is 2.29 bits per heavy atom. The van der Waals surface area contributed by atoms with Crippen molar-refractivity contribution in [2.45, 2.75) is 23.4 Å². The van der Waals surface area contributed by atoms with E-state index in [4.69, 9.17) is 11.6 Å². The molecule has 41 heavy (non-hydrogen) atoms. The molecule has 5 rings (SSSR count). The van der Waals surface area contributed by atoms with Gasteiger partial charge in [-0.25, -0.2) is 4.39 Å². The first-order chi connectivity index (χ1) is 19.9. The van der Waals surface area contributed by atoms with Gasteiger partial charge in [-0.15, -0.1) is 10.2 Å². The molecule has 1 N–H and O–H groups in total. The molecule has 0 radical (unpaired) electrons. The highest BCUT2D eigenvalue weighted by Gasteiger charge is 2.26. The van der Waals surface area contributed by atoms with Gasteiger partial charge < -0.3 is 5.32 Å². The molecule has 0 spiro atoms. The van der Waals surface area contributed by atoms with Crippen molar-refractivity contribution in [3.63, 3.8) is 0 Å². The summed E-state index contributed by atoms with van der Waals surface area (Å²) >= 11 is 7.69. The molecule has 206 valence electrons. The summed E-state index contributed by atoms with van der Waals surface area (Å²) in [6.45, 7) is 0. The number of non-ortho nitro benzene ring substituents is 1. The van der Waals surface area contributed by atoms with Crippen molar-refractivity contribution in [1.82, 2.24) is 20.1 Å². The monoisotopic (exact) mass is 587 g/mol. The summed E-state index contributed by atoms with van der Waals surface area (Å²) in [6.07, 6.45) is 0.394. The zero-order chi connectivity index (χ0) is 28.8. The molecule has 0 fully saturated rings. The highest BCUT2D eigenvalue weighted by molar-refractivity contribution is 7.98. The van der Waals surface area contributed by atoms with Crippen LogP contribution in [0.15, 0.2) is 108 Å². The van der Waals surface area contributed by atoms with Crippen LogP contribution in [0.2, 0.25) is 5.02 Å². The van der Waals surface area contributed by atoms with Crippen molar-refractivity contribution >= 4 is 35.0 Å². The maximum Gasteiger partial charge on any atom is 0.269 e. The van der Waals surface area contributed by atoms with Crippen molar-refractivity contribution in [1.29, 1.82) is 0 Å². The minimum Gasteiger partial charge on any atom is -0.342 e. The van der Waals surface area contributed by atoms with Gasteiger partial charge in [-0.1, -0.05) is 78.0 Å². The van der Waals surface area contributed by atoms with Crippen LogP contribution in [0, 0.1) is 15.9 Å². The van der Waals surface area contributed by atoms with Crippen LogP contribution in [0.4, 0.5) is 10.1 Å². The number of nitro groups is 1. The molecule has 4 aromatic carbocycles. The summed E-state index contributed by atoms with van der Waals surface area (Å²) in [5.74, 6) is 0.203. The van der Waals surface area contributed by atoms with E-state index >= 15 is 0 Å². The minimum absolute atomic E-state index is 0.0586. The topological polar surface area (TPSA) is 103 Å². The first-order valence-electron chi connectivity index (χ1n) is 12.6. The number of thioether (sulfide) groups is 1. The summed E-state index contributed by atoms with van der Waals surface area (Å²) in [5.41, 5.74) is 2.68. The molecule has 8 nitrogen and oxygen atoms in total. The van der Waals surface area contributed by atoms with Gasteiger partial charge in [-0.3, -0.25) is 19.5 Å². The van der Waals surface area contributed by atoms with Crippen LogP contribution in [0.25, 0.3) is 5.69 Å². The summed E-state index contributed by atoms with van der Waals surface area (Å²) in [5, 5.41) is 24.1. The number of nitrogens with one attached hydrogen (secondary N) is 1. The second kappa shape index (κ2) is 12.8. The van der Waals surface area contributed by atoms with Gasteiger partial charge in [0.2, 0.25) is 0 Å². The van der Waals surface area contributed by atoms with E-state index in [0.717, 1.165) is 11.1 Å². The van der Waals surface area contributed by atoms with E-state index in [-0.39, 0.29) is 17.4 Å². The van der Waals surface area contributed by atoms with Gasteiger partial charge >= 0.3 is 0 Å². The van der Waals surface area contributed by atoms with Gasteiger partial charge in [0, 0.05) is 23.6 Å². The average molecular weight is 588 g/mol. The molecule has 0 aliphatic rings. The van der Waals surface area contributed by atoms with E-state index < -0.39 is 11.0 Å². The van der Waals surface area contributed by atoms with Gasteiger partial charge in [0.25, 0.3) is 11.6 Å². The zero-order valence-electron chi connectivity index (χ0n) is 21.5. The van der Waals surface area contributed by atoms with Gasteiger partial charge in [-0.05, 0) is 53.9 Å². The van der Waals surface area contributed by atoms with Crippen LogP contribution in [0.1, 0.15) is 33.4 Å². The number of benzene rings is 4. The number of nitro benzene ring substituents is 1. The summed E-state index contributed by atoms with van der Waals surface area (Å²) in [6, 6.07) is 28.0. The molecule has 0 aliphatic carbocycles. The van der Waals surface area contributed by atoms with E-state index in [1.165, 1.54) is 36.0 Å². The highest BCUT2D eigenvalue weighted by Crippen LogP contribution is 2.30. The fourth-order valence-corrected chi connectivity index (χ4v) is 5.37. The number of halogens is 2. The van der Waals surface area contributed by atoms with E-state index in [2.05, 4.69) is 15.5 Å². The zero-order valence-corrected chi connectivity index (χ0v) is 23.1. The SMILES string of the molecule is O=C(N[C@@H](Cc1ccccc1)c1nnc(SCc2ccc(F)cc2)n1-c1ccc([N+](=O)[O-])cc1)c1ccccc1Cl. The minimum atomic E-state index is -0.635. The Kier molecular flexibility index (Phi) is 8.71. The Hall–Kier alpha value is -4.54. The maximum absolute atomic E-state index is 13.4. The van der Waals surface area contributed by atoms with Crippen molar-refractivity contribution in [2.24, 2.45) is 0 Å². The van der Waals surface area contributed by atoms with Crippen LogP contribution in [0.5, 0.6) is 0 Å². The van der Waals surface area contributed by atoms with Crippen LogP contribution in [-0.4, -0.2) is 25.6 Å². The molecule has 1 aromatic heterocycles. The fourth-order valence-electron chi connectivity index (χ4n) is 4.23. The normalized spacial score (nSPS) is 11.7. The van der Waals surface area contributed by atoms with Crippen LogP contribution in [-0.2, 0) is 12.2 Å². The van der Waals surface area contributed by atoms with Crippen molar-refractivity contribution < 1.29 is 14.1 Å². The molecular weight excluding hydrogens is 565 g/mol. The molecule has 11 heteroatoms. The maximum atomic E-state index is 13.4. The third kappa shape index (κ3) is 6.79. The molecular formula is C30H23ClFN5O3S. The van der Waals surface area contributed by atoms with Crippen LogP contribution < -0.4 is 5.32 Å². The fraction of sp³-hybridized carbons (Fsp3) is 0.100. The molecule has 0 aliphatic heterocycles. The molecule has 1 heterocycles. The van der Waals surface area contributed by atoms with Gasteiger partial charge in [-0.2, -0.15) is 0 Å². The lowest BCUT2D eigenvalue weighted by Gasteiger charge is -2.20. The number of nitrogens with zero attached hydrogens (tertiary/aromatic N) is 4. The molecule has 0 saturated heterocycles. The lowest BCUT2D eigenvalue weighted by atomic mass is 10.0. The standard InChI is InChI=1S/C30H23ClFN5O3S/c31-26-9-5-4-8-25(26)29(38)33-27(18-20-6-2-1-3-7-20)28-34-35-30(41-19-21-10-12-22(32)13-11-21)36(28)23-14-16-24(17-15-23)37(39)40/h1-17,27H,18-19H2,(H,33,38)/t27-/m0/s1. The lowest BCUT2D eigenvalue weighted by Crippen LogP contribution is -2.32. The number of aromatic nitrogens is 3. The van der Waals surface area contributed by atoms with E-state index in [9.17, 15) is 19.3 Å². The number of carbonyl (C=O) groups is 1. The van der Waals surface area contributed by atoms with Gasteiger partial charge in [0.05, 0.1) is 21.6 Å². The van der Waals surface area contributed by atoms with Crippen molar-refractivity contribution in [2.75, 3.05) is 0 Å². The Morgan fingerprint density at radius 2 is 1.61 bits per heavy atom. The molecule has 1 amide bonds. The van der Waals surface area contributed by atoms with Crippen molar-refractivity contribution in [3.8, 4) is 5.69 Å². The van der Waals surface area contributed by atoms with Crippen LogP contribution in [0.3, 0.4) is 0 Å². The second-order valence-electron chi connectivity index (χ2n) is 9.06. The van der Waals surface area contributed by atoms with E-state index in [0.29, 0.717) is 39.4 Å². The highest BCUT2D eigenvalue weighted by atomic mass is 35.5. The smallest absolute Gasteiger partial charge is 0.269 e. The average Bonchev–Trinajstić information content (AvgIpc) is 3.41. The largest absolute Gasteiger partial charge is 0.342 e. The van der Waals surface area contributed by atoms with Gasteiger partial charge in [0.1, 0.15) is 5.82 Å². The number of carbonyl (C=O) groups excluding carboxylic acids is 1. The number of amides is 1. The van der Waals surface area contributed by atoms with E-state index in [1.807, 2.05) is 30.3 Å². The lowest BCUT2D eigenvalue weighted by molar-refractivity contribution is -0.384. The quantitative estimate of drug-likeness (QED) is 0.107. The Bertz CT molecular complexity index is 1660. The third-order valence-corrected chi connectivity index (χ3v) is 7.61. The molecule has 1 atom stereocenters. The van der Waals surface area contributed by atoms with Crippen LogP contribution >= 0.6 is 23.4 Å². The summed E-state index contributed by atoms with van der Waals surface area (Å²) in [7, 11) is 0. The third-order valence-electron chi connectivity index (χ3n) is 6.28. The number of hydrogen-bond donors (Lipinski definition) is 1. The predicted molar refractivity (Wildman–Crippen MR) is 156 cm³/mol. The van der Waals surface area contributed by atoms with Gasteiger partial charge in [0.15, 0.2) is 11.0 Å². The number of rotatable bonds is 10. The molecule has 5 aromatic rings.